The summed E-state index contributed by atoms with van der Waals surface area (Å²) in [6.45, 7) is 0.590. The zero-order valence-corrected chi connectivity index (χ0v) is 10.2. The highest BCUT2D eigenvalue weighted by atomic mass is 16.3. The number of nitrogens with zero attached hydrogens (tertiary/aromatic N) is 1. The Labute approximate surface area is 109 Å². The molecule has 19 heavy (non-hydrogen) atoms. The number of rotatable bonds is 3. The zero-order chi connectivity index (χ0) is 13.2. The molecule has 2 aromatic heterocycles. The summed E-state index contributed by atoms with van der Waals surface area (Å²) in [5.74, 6) is 4.88. The average Bonchev–Trinajstić information content (AvgIpc) is 3.02. The third-order valence-corrected chi connectivity index (χ3v) is 3.07. The van der Waals surface area contributed by atoms with Crippen molar-refractivity contribution in [3.05, 3.63) is 60.0 Å². The minimum Gasteiger partial charge on any atom is -0.463 e. The predicted molar refractivity (Wildman–Crippen MR) is 71.4 cm³/mol. The van der Waals surface area contributed by atoms with Crippen LogP contribution in [0.1, 0.15) is 16.1 Å². The van der Waals surface area contributed by atoms with Gasteiger partial charge in [-0.05, 0) is 5.56 Å². The van der Waals surface area contributed by atoms with Crippen LogP contribution in [0.2, 0.25) is 0 Å². The van der Waals surface area contributed by atoms with Gasteiger partial charge in [-0.3, -0.25) is 10.2 Å². The van der Waals surface area contributed by atoms with Crippen molar-refractivity contribution >= 4 is 17.0 Å². The SMILES string of the molecule is NNC(=O)c1cc2occc2n1Cc1ccccc1. The van der Waals surface area contributed by atoms with E-state index in [9.17, 15) is 4.79 Å². The number of amides is 1. The standard InChI is InChI=1S/C14H13N3O2/c15-16-14(18)12-8-13-11(6-7-19-13)17(12)9-10-4-2-1-3-5-10/h1-8H,9,15H2,(H,16,18). The van der Waals surface area contributed by atoms with Crippen LogP contribution in [0.15, 0.2) is 53.1 Å². The molecule has 0 unspecified atom stereocenters. The second-order valence-corrected chi connectivity index (χ2v) is 4.24. The molecule has 2 heterocycles. The van der Waals surface area contributed by atoms with Crippen LogP contribution in [-0.4, -0.2) is 10.5 Å². The van der Waals surface area contributed by atoms with Crippen LogP contribution in [0, 0.1) is 0 Å². The maximum Gasteiger partial charge on any atom is 0.281 e. The van der Waals surface area contributed by atoms with Crippen molar-refractivity contribution < 1.29 is 9.21 Å². The molecular weight excluding hydrogens is 242 g/mol. The molecule has 0 saturated carbocycles. The minimum absolute atomic E-state index is 0.331. The van der Waals surface area contributed by atoms with Gasteiger partial charge in [0.2, 0.25) is 0 Å². The normalized spacial score (nSPS) is 10.8. The average molecular weight is 255 g/mol. The highest BCUT2D eigenvalue weighted by Crippen LogP contribution is 2.22. The molecule has 1 amide bonds. The fourth-order valence-electron chi connectivity index (χ4n) is 2.18. The van der Waals surface area contributed by atoms with Gasteiger partial charge in [0.05, 0.1) is 11.8 Å². The molecule has 0 atom stereocenters. The maximum absolute atomic E-state index is 11.8. The number of carbonyl (C=O) groups is 1. The second-order valence-electron chi connectivity index (χ2n) is 4.24. The van der Waals surface area contributed by atoms with E-state index in [-0.39, 0.29) is 5.91 Å². The van der Waals surface area contributed by atoms with Gasteiger partial charge in [0.1, 0.15) is 5.69 Å². The molecule has 3 aromatic rings. The number of fused-ring (bicyclic) bond motifs is 1. The van der Waals surface area contributed by atoms with E-state index < -0.39 is 0 Å². The molecule has 0 aliphatic rings. The van der Waals surface area contributed by atoms with Crippen LogP contribution in [0.4, 0.5) is 0 Å². The zero-order valence-electron chi connectivity index (χ0n) is 10.2. The molecule has 0 aliphatic heterocycles. The summed E-state index contributed by atoms with van der Waals surface area (Å²) in [6.07, 6.45) is 1.61. The Bertz CT molecular complexity index is 713. The lowest BCUT2D eigenvalue weighted by Gasteiger charge is -2.08. The maximum atomic E-state index is 11.8. The van der Waals surface area contributed by atoms with Gasteiger partial charge in [-0.25, -0.2) is 5.84 Å². The first-order valence-electron chi connectivity index (χ1n) is 5.91. The van der Waals surface area contributed by atoms with Gasteiger partial charge in [-0.15, -0.1) is 0 Å². The van der Waals surface area contributed by atoms with Crippen LogP contribution in [-0.2, 0) is 6.54 Å². The second kappa shape index (κ2) is 4.62. The largest absolute Gasteiger partial charge is 0.463 e. The summed E-state index contributed by atoms with van der Waals surface area (Å²) in [4.78, 5) is 11.8. The van der Waals surface area contributed by atoms with E-state index in [1.54, 1.807) is 12.3 Å². The van der Waals surface area contributed by atoms with Gasteiger partial charge >= 0.3 is 0 Å². The number of hydrogen-bond donors (Lipinski definition) is 2. The smallest absolute Gasteiger partial charge is 0.281 e. The molecule has 1 aromatic carbocycles. The van der Waals surface area contributed by atoms with Gasteiger partial charge in [0.15, 0.2) is 5.58 Å². The number of hydrogen-bond acceptors (Lipinski definition) is 3. The van der Waals surface area contributed by atoms with Crippen molar-refractivity contribution in [2.24, 2.45) is 5.84 Å². The van der Waals surface area contributed by atoms with Crippen molar-refractivity contribution in [1.29, 1.82) is 0 Å². The first-order valence-corrected chi connectivity index (χ1v) is 5.91. The summed E-state index contributed by atoms with van der Waals surface area (Å²) >= 11 is 0. The molecule has 0 saturated heterocycles. The summed E-state index contributed by atoms with van der Waals surface area (Å²) < 4.78 is 7.22. The van der Waals surface area contributed by atoms with Crippen LogP contribution in [0.3, 0.4) is 0 Å². The molecule has 5 heteroatoms. The van der Waals surface area contributed by atoms with Crippen molar-refractivity contribution in [1.82, 2.24) is 9.99 Å². The summed E-state index contributed by atoms with van der Waals surface area (Å²) in [5.41, 5.74) is 5.30. The highest BCUT2D eigenvalue weighted by molar-refractivity contribution is 5.97. The lowest BCUT2D eigenvalue weighted by molar-refractivity contribution is 0.0945. The number of carbonyl (C=O) groups excluding carboxylic acids is 1. The molecule has 0 spiro atoms. The first-order chi connectivity index (χ1) is 9.29. The molecule has 3 N–H and O–H groups in total. The summed E-state index contributed by atoms with van der Waals surface area (Å²) in [6, 6.07) is 13.4. The van der Waals surface area contributed by atoms with Crippen molar-refractivity contribution in [3.8, 4) is 0 Å². The molecule has 0 fully saturated rings. The van der Waals surface area contributed by atoms with Gasteiger partial charge < -0.3 is 8.98 Å². The number of aromatic nitrogens is 1. The fourth-order valence-corrected chi connectivity index (χ4v) is 2.18. The van der Waals surface area contributed by atoms with Crippen LogP contribution >= 0.6 is 0 Å². The molecular formula is C14H13N3O2. The number of benzene rings is 1. The van der Waals surface area contributed by atoms with Crippen LogP contribution in [0.25, 0.3) is 11.1 Å². The van der Waals surface area contributed by atoms with Gasteiger partial charge in [0.25, 0.3) is 5.91 Å². The van der Waals surface area contributed by atoms with Gasteiger partial charge in [-0.1, -0.05) is 30.3 Å². The third kappa shape index (κ3) is 2.00. The Morgan fingerprint density at radius 1 is 1.26 bits per heavy atom. The van der Waals surface area contributed by atoms with E-state index >= 15 is 0 Å². The van der Waals surface area contributed by atoms with Crippen molar-refractivity contribution in [2.45, 2.75) is 6.54 Å². The van der Waals surface area contributed by atoms with Gasteiger partial charge in [-0.2, -0.15) is 0 Å². The van der Waals surface area contributed by atoms with Crippen molar-refractivity contribution in [2.75, 3.05) is 0 Å². The Morgan fingerprint density at radius 2 is 2.05 bits per heavy atom. The summed E-state index contributed by atoms with van der Waals surface area (Å²) in [7, 11) is 0. The third-order valence-electron chi connectivity index (χ3n) is 3.07. The number of nitrogens with one attached hydrogen (secondary N) is 1. The molecule has 3 rings (SSSR count). The predicted octanol–water partition coefficient (Wildman–Crippen LogP) is 1.89. The lowest BCUT2D eigenvalue weighted by Crippen LogP contribution is -2.31. The lowest BCUT2D eigenvalue weighted by atomic mass is 10.2. The van der Waals surface area contributed by atoms with E-state index in [1.807, 2.05) is 41.0 Å². The monoisotopic (exact) mass is 255 g/mol. The Morgan fingerprint density at radius 3 is 2.79 bits per heavy atom. The van der Waals surface area contributed by atoms with E-state index in [0.717, 1.165) is 11.1 Å². The topological polar surface area (TPSA) is 73.2 Å². The van der Waals surface area contributed by atoms with E-state index in [1.165, 1.54) is 0 Å². The quantitative estimate of drug-likeness (QED) is 0.426. The number of furan rings is 1. The van der Waals surface area contributed by atoms with E-state index in [4.69, 9.17) is 10.3 Å². The molecule has 0 bridgehead atoms. The minimum atomic E-state index is -0.331. The summed E-state index contributed by atoms with van der Waals surface area (Å²) in [5, 5.41) is 0. The van der Waals surface area contributed by atoms with Crippen LogP contribution in [0.5, 0.6) is 0 Å². The number of nitrogens with two attached hydrogens (primary N) is 1. The highest BCUT2D eigenvalue weighted by Gasteiger charge is 2.16. The number of hydrazine groups is 1. The fraction of sp³-hybridized carbons (Fsp3) is 0.0714. The van der Waals surface area contributed by atoms with Crippen LogP contribution < -0.4 is 11.3 Å². The van der Waals surface area contributed by atoms with Crippen molar-refractivity contribution in [3.63, 3.8) is 0 Å². The molecule has 5 nitrogen and oxygen atoms in total. The molecule has 0 radical (unpaired) electrons. The van der Waals surface area contributed by atoms with Gasteiger partial charge in [0, 0.05) is 18.7 Å². The van der Waals surface area contributed by atoms with E-state index in [2.05, 4.69) is 5.43 Å². The molecule has 0 aliphatic carbocycles. The Kier molecular flexibility index (Phi) is 2.81. The number of nitrogen functional groups attached to an aromatic ring is 1. The molecule has 96 valence electrons. The van der Waals surface area contributed by atoms with E-state index in [0.29, 0.717) is 17.8 Å². The Balaban J connectivity index is 2.09. The first kappa shape index (κ1) is 11.6. The Hall–Kier alpha value is -2.53.